The number of nitrogens with zero attached hydrogens (tertiary/aromatic N) is 1. The van der Waals surface area contributed by atoms with Crippen molar-refractivity contribution < 1.29 is 4.52 Å². The Balaban J connectivity index is 2.81. The molecule has 1 aromatic rings. The van der Waals surface area contributed by atoms with Gasteiger partial charge in [0.25, 0.3) is 0 Å². The van der Waals surface area contributed by atoms with Crippen LogP contribution in [0.3, 0.4) is 0 Å². The molecule has 6 heteroatoms. The smallest absolute Gasteiger partial charge is 0.402 e. The van der Waals surface area contributed by atoms with Crippen molar-refractivity contribution in [2.75, 3.05) is 0 Å². The number of rotatable bonds is 5. The maximum atomic E-state index is 11.3. The first-order valence-electron chi connectivity index (χ1n) is 5.52. The first-order chi connectivity index (χ1) is 8.43. The SMILES string of the molecule is C=C(N)[C@H](C)/C=C\C(=C/C)Cn1oc(=O)[nH]c1=O. The number of allylic oxidation sites excluding steroid dienone is 4. The van der Waals surface area contributed by atoms with Crippen molar-refractivity contribution in [2.45, 2.75) is 20.4 Å². The number of hydrogen-bond acceptors (Lipinski definition) is 4. The first-order valence-corrected chi connectivity index (χ1v) is 5.52. The molecule has 0 fully saturated rings. The van der Waals surface area contributed by atoms with Gasteiger partial charge in [-0.2, -0.15) is 0 Å². The second-order valence-corrected chi connectivity index (χ2v) is 3.93. The van der Waals surface area contributed by atoms with E-state index in [0.29, 0.717) is 5.70 Å². The lowest BCUT2D eigenvalue weighted by molar-refractivity contribution is 0.258. The summed E-state index contributed by atoms with van der Waals surface area (Å²) in [6.07, 6.45) is 5.51. The summed E-state index contributed by atoms with van der Waals surface area (Å²) >= 11 is 0. The van der Waals surface area contributed by atoms with Crippen molar-refractivity contribution in [3.05, 3.63) is 57.1 Å². The van der Waals surface area contributed by atoms with E-state index in [1.54, 1.807) is 0 Å². The van der Waals surface area contributed by atoms with Crippen LogP contribution in [0, 0.1) is 5.92 Å². The minimum atomic E-state index is -0.761. The average molecular weight is 251 g/mol. The molecule has 0 aliphatic rings. The molecule has 0 aliphatic carbocycles. The minimum Gasteiger partial charge on any atom is -0.402 e. The number of nitrogens with two attached hydrogens (primary N) is 1. The predicted octanol–water partition coefficient (Wildman–Crippen LogP) is 0.741. The van der Waals surface area contributed by atoms with E-state index in [1.807, 2.05) is 37.1 Å². The molecule has 18 heavy (non-hydrogen) atoms. The zero-order valence-corrected chi connectivity index (χ0v) is 10.5. The summed E-state index contributed by atoms with van der Waals surface area (Å²) in [4.78, 5) is 24.1. The molecule has 1 rings (SSSR count). The highest BCUT2D eigenvalue weighted by Gasteiger charge is 2.04. The Morgan fingerprint density at radius 2 is 2.28 bits per heavy atom. The van der Waals surface area contributed by atoms with Gasteiger partial charge < -0.3 is 10.3 Å². The molecule has 0 amide bonds. The lowest BCUT2D eigenvalue weighted by Crippen LogP contribution is -2.17. The highest BCUT2D eigenvalue weighted by atomic mass is 16.5. The Morgan fingerprint density at radius 3 is 2.72 bits per heavy atom. The molecule has 0 unspecified atom stereocenters. The molecule has 0 saturated heterocycles. The van der Waals surface area contributed by atoms with E-state index < -0.39 is 11.4 Å². The first kappa shape index (κ1) is 13.8. The highest BCUT2D eigenvalue weighted by Crippen LogP contribution is 2.07. The van der Waals surface area contributed by atoms with Crippen molar-refractivity contribution in [1.29, 1.82) is 0 Å². The van der Waals surface area contributed by atoms with Crippen molar-refractivity contribution >= 4 is 0 Å². The highest BCUT2D eigenvalue weighted by molar-refractivity contribution is 5.20. The van der Waals surface area contributed by atoms with Gasteiger partial charge >= 0.3 is 11.4 Å². The second kappa shape index (κ2) is 5.90. The van der Waals surface area contributed by atoms with Gasteiger partial charge in [0.15, 0.2) is 0 Å². The van der Waals surface area contributed by atoms with Crippen LogP contribution in [-0.2, 0) is 6.54 Å². The largest absolute Gasteiger partial charge is 0.440 e. The molecule has 98 valence electrons. The molecular weight excluding hydrogens is 234 g/mol. The minimum absolute atomic E-state index is 0.0369. The van der Waals surface area contributed by atoms with Crippen molar-refractivity contribution in [1.82, 2.24) is 9.72 Å². The fraction of sp³-hybridized carbons (Fsp3) is 0.333. The van der Waals surface area contributed by atoms with Gasteiger partial charge in [0, 0.05) is 11.6 Å². The van der Waals surface area contributed by atoms with Crippen LogP contribution in [0.2, 0.25) is 0 Å². The van der Waals surface area contributed by atoms with Crippen LogP contribution < -0.4 is 17.2 Å². The van der Waals surface area contributed by atoms with Crippen LogP contribution >= 0.6 is 0 Å². The number of H-pyrrole nitrogens is 1. The van der Waals surface area contributed by atoms with Gasteiger partial charge in [-0.3, -0.25) is 0 Å². The second-order valence-electron chi connectivity index (χ2n) is 3.93. The van der Waals surface area contributed by atoms with E-state index in [-0.39, 0.29) is 12.5 Å². The van der Waals surface area contributed by atoms with Gasteiger partial charge in [0.1, 0.15) is 0 Å². The van der Waals surface area contributed by atoms with Gasteiger partial charge in [-0.05, 0) is 12.5 Å². The van der Waals surface area contributed by atoms with Crippen LogP contribution in [0.5, 0.6) is 0 Å². The third-order valence-corrected chi connectivity index (χ3v) is 2.51. The molecule has 0 bridgehead atoms. The molecule has 3 N–H and O–H groups in total. The van der Waals surface area contributed by atoms with Crippen LogP contribution in [0.25, 0.3) is 0 Å². The van der Waals surface area contributed by atoms with Crippen molar-refractivity contribution in [3.63, 3.8) is 0 Å². The summed E-state index contributed by atoms with van der Waals surface area (Å²) in [7, 11) is 0. The zero-order chi connectivity index (χ0) is 13.7. The van der Waals surface area contributed by atoms with Crippen LogP contribution in [0.15, 0.2) is 50.2 Å². The summed E-state index contributed by atoms with van der Waals surface area (Å²) in [5, 5.41) is 0. The molecule has 1 heterocycles. The third-order valence-electron chi connectivity index (χ3n) is 2.51. The molecule has 0 aromatic carbocycles. The molecule has 0 spiro atoms. The van der Waals surface area contributed by atoms with E-state index in [1.165, 1.54) is 0 Å². The fourth-order valence-electron chi connectivity index (χ4n) is 1.22. The number of hydrogen-bond donors (Lipinski definition) is 2. The monoisotopic (exact) mass is 251 g/mol. The molecular formula is C12H17N3O3. The number of nitrogens with one attached hydrogen (secondary N) is 1. The van der Waals surface area contributed by atoms with E-state index in [2.05, 4.69) is 11.1 Å². The third kappa shape index (κ3) is 3.65. The normalized spacial score (nSPS) is 14.0. The maximum Gasteiger partial charge on any atom is 0.440 e. The van der Waals surface area contributed by atoms with Gasteiger partial charge in [-0.1, -0.05) is 31.7 Å². The van der Waals surface area contributed by atoms with Gasteiger partial charge in [0.2, 0.25) is 0 Å². The Kier molecular flexibility index (Phi) is 4.53. The molecule has 0 radical (unpaired) electrons. The Morgan fingerprint density at radius 1 is 1.61 bits per heavy atom. The van der Waals surface area contributed by atoms with E-state index in [0.717, 1.165) is 10.3 Å². The Bertz CT molecular complexity index is 586. The van der Waals surface area contributed by atoms with E-state index in [9.17, 15) is 9.59 Å². The Hall–Kier alpha value is -2.24. The van der Waals surface area contributed by atoms with E-state index in [4.69, 9.17) is 5.73 Å². The van der Waals surface area contributed by atoms with Gasteiger partial charge in [-0.15, -0.1) is 4.74 Å². The standard InChI is InChI=1S/C12H17N3O3/c1-4-10(6-5-8(2)9(3)13)7-15-11(16)14-12(17)18-15/h4-6,8H,3,7,13H2,1-2H3,(H,14,16,17)/b6-5-,10-4+/t8-/m1/s1. The summed E-state index contributed by atoms with van der Waals surface area (Å²) in [5.74, 6) is -0.724. The lowest BCUT2D eigenvalue weighted by Gasteiger charge is -2.05. The molecule has 0 aliphatic heterocycles. The summed E-state index contributed by atoms with van der Waals surface area (Å²) < 4.78 is 5.64. The van der Waals surface area contributed by atoms with Gasteiger partial charge in [-0.25, -0.2) is 14.6 Å². The summed E-state index contributed by atoms with van der Waals surface area (Å²) in [5.41, 5.74) is 6.38. The quantitative estimate of drug-likeness (QED) is 0.755. The van der Waals surface area contributed by atoms with Crippen LogP contribution in [0.4, 0.5) is 0 Å². The van der Waals surface area contributed by atoms with Crippen molar-refractivity contribution in [3.8, 4) is 0 Å². The van der Waals surface area contributed by atoms with E-state index >= 15 is 0 Å². The van der Waals surface area contributed by atoms with Crippen molar-refractivity contribution in [2.24, 2.45) is 11.7 Å². The van der Waals surface area contributed by atoms with Gasteiger partial charge in [0.05, 0.1) is 6.54 Å². The number of aromatic nitrogens is 2. The topological polar surface area (TPSA) is 94.0 Å². The van der Waals surface area contributed by atoms with Crippen LogP contribution in [0.1, 0.15) is 13.8 Å². The summed E-state index contributed by atoms with van der Waals surface area (Å²) in [6.45, 7) is 7.58. The Labute approximate surface area is 104 Å². The fourth-order valence-corrected chi connectivity index (χ4v) is 1.22. The summed E-state index contributed by atoms with van der Waals surface area (Å²) in [6, 6.07) is 0. The van der Waals surface area contributed by atoms with Crippen LogP contribution in [-0.4, -0.2) is 9.72 Å². The average Bonchev–Trinajstić information content (AvgIpc) is 2.62. The maximum absolute atomic E-state index is 11.3. The predicted molar refractivity (Wildman–Crippen MR) is 69.0 cm³/mol. The lowest BCUT2D eigenvalue weighted by atomic mass is 10.1. The zero-order valence-electron chi connectivity index (χ0n) is 10.5. The number of aromatic amines is 1. The molecule has 0 saturated carbocycles. The molecule has 6 nitrogen and oxygen atoms in total. The molecule has 1 atom stereocenters. The molecule has 1 aromatic heterocycles.